The van der Waals surface area contributed by atoms with Gasteiger partial charge in [-0.3, -0.25) is 9.59 Å². The van der Waals surface area contributed by atoms with E-state index in [0.717, 1.165) is 6.54 Å². The van der Waals surface area contributed by atoms with Gasteiger partial charge in [-0.2, -0.15) is 0 Å². The van der Waals surface area contributed by atoms with Crippen LogP contribution in [0.15, 0.2) is 0 Å². The van der Waals surface area contributed by atoms with Gasteiger partial charge in [-0.05, 0) is 12.8 Å². The highest BCUT2D eigenvalue weighted by atomic mass is 16.5. The maximum atomic E-state index is 12.5. The van der Waals surface area contributed by atoms with Crippen molar-refractivity contribution in [3.05, 3.63) is 0 Å². The molecule has 0 aromatic heterocycles. The number of carbonyl (C=O) groups excluding carboxylic acids is 2. The third-order valence-corrected chi connectivity index (χ3v) is 3.21. The Morgan fingerprint density at radius 1 is 1.47 bits per heavy atom. The maximum Gasteiger partial charge on any atom is 0.246 e. The van der Waals surface area contributed by atoms with Crippen LogP contribution in [0.4, 0.5) is 0 Å². The number of hydrogen-bond donors (Lipinski definition) is 2. The first-order valence-corrected chi connectivity index (χ1v) is 6.76. The molecule has 1 aliphatic rings. The van der Waals surface area contributed by atoms with Crippen molar-refractivity contribution in [1.29, 1.82) is 0 Å². The third kappa shape index (κ3) is 4.80. The minimum absolute atomic E-state index is 0.00666. The molecular weight excluding hydrogens is 246 g/mol. The van der Waals surface area contributed by atoms with Crippen molar-refractivity contribution in [3.8, 4) is 0 Å². The van der Waals surface area contributed by atoms with Crippen molar-refractivity contribution in [2.45, 2.75) is 32.9 Å². The van der Waals surface area contributed by atoms with Crippen LogP contribution in [-0.2, 0) is 14.3 Å². The van der Waals surface area contributed by atoms with Gasteiger partial charge in [0.25, 0.3) is 0 Å². The highest BCUT2D eigenvalue weighted by Gasteiger charge is 2.30. The number of rotatable bonds is 5. The van der Waals surface area contributed by atoms with Gasteiger partial charge in [0.15, 0.2) is 0 Å². The van der Waals surface area contributed by atoms with Gasteiger partial charge in [0.2, 0.25) is 11.8 Å². The summed E-state index contributed by atoms with van der Waals surface area (Å²) in [5.41, 5.74) is 0. The molecule has 0 spiro atoms. The molecule has 1 saturated heterocycles. The lowest BCUT2D eigenvalue weighted by Gasteiger charge is -2.35. The lowest BCUT2D eigenvalue weighted by molar-refractivity contribution is -0.139. The molecule has 1 rings (SSSR count). The van der Waals surface area contributed by atoms with E-state index in [1.807, 2.05) is 25.7 Å². The predicted octanol–water partition coefficient (Wildman–Crippen LogP) is -0.406. The minimum Gasteiger partial charge on any atom is -0.375 e. The topological polar surface area (TPSA) is 70.7 Å². The molecule has 6 heteroatoms. The minimum atomic E-state index is -0.479. The fourth-order valence-corrected chi connectivity index (χ4v) is 2.19. The molecule has 2 N–H and O–H groups in total. The molecule has 0 radical (unpaired) electrons. The summed E-state index contributed by atoms with van der Waals surface area (Å²) in [4.78, 5) is 25.9. The van der Waals surface area contributed by atoms with E-state index in [0.29, 0.717) is 19.1 Å². The van der Waals surface area contributed by atoms with E-state index in [2.05, 4.69) is 10.6 Å². The Labute approximate surface area is 114 Å². The van der Waals surface area contributed by atoms with Crippen LogP contribution in [0, 0.1) is 5.92 Å². The van der Waals surface area contributed by atoms with Crippen molar-refractivity contribution >= 4 is 11.8 Å². The van der Waals surface area contributed by atoms with Gasteiger partial charge >= 0.3 is 0 Å². The van der Waals surface area contributed by atoms with Gasteiger partial charge in [-0.1, -0.05) is 13.8 Å². The Morgan fingerprint density at radius 2 is 2.16 bits per heavy atom. The van der Waals surface area contributed by atoms with Crippen molar-refractivity contribution in [2.24, 2.45) is 5.92 Å². The number of nitrogens with zero attached hydrogens (tertiary/aromatic N) is 1. The van der Waals surface area contributed by atoms with E-state index in [-0.39, 0.29) is 24.3 Å². The second-order valence-electron chi connectivity index (χ2n) is 5.36. The molecule has 0 bridgehead atoms. The number of amides is 2. The summed E-state index contributed by atoms with van der Waals surface area (Å²) in [6.07, 6.45) is 0. The third-order valence-electron chi connectivity index (χ3n) is 3.21. The molecule has 0 aromatic carbocycles. The van der Waals surface area contributed by atoms with E-state index in [9.17, 15) is 9.59 Å². The van der Waals surface area contributed by atoms with Crippen molar-refractivity contribution < 1.29 is 14.3 Å². The SMILES string of the molecule is COCC(=O)N[C@H](C(=O)N1CCNC(C)C1)C(C)C. The Kier molecular flexibility index (Phi) is 6.24. The van der Waals surface area contributed by atoms with Gasteiger partial charge < -0.3 is 20.3 Å². The van der Waals surface area contributed by atoms with Crippen LogP contribution >= 0.6 is 0 Å². The average molecular weight is 271 g/mol. The van der Waals surface area contributed by atoms with E-state index in [1.54, 1.807) is 0 Å². The summed E-state index contributed by atoms with van der Waals surface area (Å²) in [5.74, 6) is -0.205. The second kappa shape index (κ2) is 7.45. The lowest BCUT2D eigenvalue weighted by Crippen LogP contribution is -2.58. The van der Waals surface area contributed by atoms with Crippen LogP contribution in [0.5, 0.6) is 0 Å². The Bertz CT molecular complexity index is 320. The average Bonchev–Trinajstić information content (AvgIpc) is 2.35. The van der Waals surface area contributed by atoms with Crippen LogP contribution in [0.25, 0.3) is 0 Å². The molecule has 1 aliphatic heterocycles. The largest absolute Gasteiger partial charge is 0.375 e. The number of ether oxygens (including phenoxy) is 1. The van der Waals surface area contributed by atoms with Gasteiger partial charge in [0.1, 0.15) is 12.6 Å². The molecule has 1 heterocycles. The zero-order valence-electron chi connectivity index (χ0n) is 12.2. The smallest absolute Gasteiger partial charge is 0.246 e. The van der Waals surface area contributed by atoms with Crippen molar-refractivity contribution in [2.75, 3.05) is 33.4 Å². The number of nitrogens with one attached hydrogen (secondary N) is 2. The van der Waals surface area contributed by atoms with E-state index in [1.165, 1.54) is 7.11 Å². The summed E-state index contributed by atoms with van der Waals surface area (Å²) >= 11 is 0. The molecule has 6 nitrogen and oxygen atoms in total. The molecule has 1 unspecified atom stereocenters. The van der Waals surface area contributed by atoms with E-state index < -0.39 is 6.04 Å². The van der Waals surface area contributed by atoms with Gasteiger partial charge in [-0.15, -0.1) is 0 Å². The number of carbonyl (C=O) groups is 2. The first kappa shape index (κ1) is 15.9. The predicted molar refractivity (Wildman–Crippen MR) is 72.7 cm³/mol. The molecule has 110 valence electrons. The van der Waals surface area contributed by atoms with Crippen LogP contribution in [0.2, 0.25) is 0 Å². The fraction of sp³-hybridized carbons (Fsp3) is 0.846. The Morgan fingerprint density at radius 3 is 2.68 bits per heavy atom. The first-order valence-electron chi connectivity index (χ1n) is 6.76. The monoisotopic (exact) mass is 271 g/mol. The zero-order valence-corrected chi connectivity index (χ0v) is 12.2. The maximum absolute atomic E-state index is 12.5. The lowest BCUT2D eigenvalue weighted by atomic mass is 10.0. The second-order valence-corrected chi connectivity index (χ2v) is 5.36. The number of piperazine rings is 1. The summed E-state index contributed by atoms with van der Waals surface area (Å²) < 4.78 is 4.78. The quantitative estimate of drug-likeness (QED) is 0.713. The Hall–Kier alpha value is -1.14. The van der Waals surface area contributed by atoms with Crippen LogP contribution in [0.1, 0.15) is 20.8 Å². The molecule has 0 aliphatic carbocycles. The van der Waals surface area contributed by atoms with Gasteiger partial charge in [-0.25, -0.2) is 0 Å². The van der Waals surface area contributed by atoms with Gasteiger partial charge in [0.05, 0.1) is 0 Å². The van der Waals surface area contributed by atoms with Gasteiger partial charge in [0, 0.05) is 32.8 Å². The molecule has 2 amide bonds. The summed E-state index contributed by atoms with van der Waals surface area (Å²) in [7, 11) is 1.46. The summed E-state index contributed by atoms with van der Waals surface area (Å²) in [6.45, 7) is 8.06. The molecule has 2 atom stereocenters. The molecule has 19 heavy (non-hydrogen) atoms. The fourth-order valence-electron chi connectivity index (χ4n) is 2.19. The zero-order chi connectivity index (χ0) is 14.4. The van der Waals surface area contributed by atoms with E-state index >= 15 is 0 Å². The van der Waals surface area contributed by atoms with Crippen molar-refractivity contribution in [3.63, 3.8) is 0 Å². The Balaban J connectivity index is 2.64. The highest BCUT2D eigenvalue weighted by molar-refractivity contribution is 5.88. The normalized spacial score (nSPS) is 21.3. The first-order chi connectivity index (χ1) is 8.95. The number of hydrogen-bond acceptors (Lipinski definition) is 4. The summed E-state index contributed by atoms with van der Waals surface area (Å²) in [5, 5.41) is 6.05. The summed E-state index contributed by atoms with van der Waals surface area (Å²) in [6, 6.07) is -0.187. The highest BCUT2D eigenvalue weighted by Crippen LogP contribution is 2.09. The number of methoxy groups -OCH3 is 1. The van der Waals surface area contributed by atoms with Crippen molar-refractivity contribution in [1.82, 2.24) is 15.5 Å². The molecule has 1 fully saturated rings. The molecule has 0 saturated carbocycles. The van der Waals surface area contributed by atoms with Crippen LogP contribution in [-0.4, -0.2) is 62.1 Å². The molecule has 0 aromatic rings. The van der Waals surface area contributed by atoms with E-state index in [4.69, 9.17) is 4.74 Å². The molecular formula is C13H25N3O3. The van der Waals surface area contributed by atoms with Crippen LogP contribution in [0.3, 0.4) is 0 Å². The van der Waals surface area contributed by atoms with Crippen LogP contribution < -0.4 is 10.6 Å². The standard InChI is InChI=1S/C13H25N3O3/c1-9(2)12(15-11(17)8-19-4)13(18)16-6-5-14-10(3)7-16/h9-10,12,14H,5-8H2,1-4H3,(H,15,17)/t10?,12-/m0/s1.